The number of nitrogens with two attached hydrogens (primary N) is 2. The smallest absolute Gasteiger partial charge is 0.225 e. The maximum atomic E-state index is 12.6. The van der Waals surface area contributed by atoms with Crippen LogP contribution in [-0.2, 0) is 20.0 Å². The van der Waals surface area contributed by atoms with E-state index in [0.29, 0.717) is 0 Å². The van der Waals surface area contributed by atoms with Gasteiger partial charge in [-0.15, -0.1) is 0 Å². The fraction of sp³-hybridized carbons (Fsp3) is 0.700. The molecule has 8 heteroatoms. The van der Waals surface area contributed by atoms with Gasteiger partial charge in [0.25, 0.3) is 0 Å². The Kier molecular flexibility index (Phi) is 6.25. The SMILES string of the molecule is Cc1c(C2CCCCC2)c(S(N)(=O)=O)c(C)c(S(N)(=O)=O)c1C1CCCCC1. The van der Waals surface area contributed by atoms with Gasteiger partial charge in [0.2, 0.25) is 20.0 Å². The van der Waals surface area contributed by atoms with E-state index >= 15 is 0 Å². The maximum Gasteiger partial charge on any atom is 0.238 e. The van der Waals surface area contributed by atoms with Crippen molar-refractivity contribution in [2.24, 2.45) is 10.3 Å². The lowest BCUT2D eigenvalue weighted by molar-refractivity contribution is 0.424. The Morgan fingerprint density at radius 3 is 1.21 bits per heavy atom. The van der Waals surface area contributed by atoms with Gasteiger partial charge in [0.15, 0.2) is 0 Å². The van der Waals surface area contributed by atoms with Crippen LogP contribution in [0.15, 0.2) is 9.79 Å². The highest BCUT2D eigenvalue weighted by Gasteiger charge is 2.35. The molecule has 1 aromatic rings. The molecule has 0 aliphatic heterocycles. The first kappa shape index (κ1) is 21.7. The van der Waals surface area contributed by atoms with E-state index in [9.17, 15) is 16.8 Å². The minimum absolute atomic E-state index is 0.0134. The zero-order valence-corrected chi connectivity index (χ0v) is 18.5. The number of rotatable bonds is 4. The summed E-state index contributed by atoms with van der Waals surface area (Å²) in [5.74, 6) is 0.190. The average molecular weight is 429 g/mol. The second kappa shape index (κ2) is 8.05. The van der Waals surface area contributed by atoms with Crippen molar-refractivity contribution in [1.82, 2.24) is 0 Å². The van der Waals surface area contributed by atoms with Crippen molar-refractivity contribution in [3.63, 3.8) is 0 Å². The van der Waals surface area contributed by atoms with Crippen LogP contribution in [0.4, 0.5) is 0 Å². The Bertz CT molecular complexity index is 881. The summed E-state index contributed by atoms with van der Waals surface area (Å²) in [5.41, 5.74) is 2.47. The molecule has 0 atom stereocenters. The van der Waals surface area contributed by atoms with Crippen LogP contribution >= 0.6 is 0 Å². The van der Waals surface area contributed by atoms with Crippen molar-refractivity contribution in [2.75, 3.05) is 0 Å². The third kappa shape index (κ3) is 4.15. The molecule has 0 spiro atoms. The van der Waals surface area contributed by atoms with Gasteiger partial charge in [-0.1, -0.05) is 38.5 Å². The molecule has 0 radical (unpaired) electrons. The van der Waals surface area contributed by atoms with Crippen LogP contribution in [0.5, 0.6) is 0 Å². The van der Waals surface area contributed by atoms with E-state index in [-0.39, 0.29) is 27.2 Å². The van der Waals surface area contributed by atoms with Gasteiger partial charge in [0.1, 0.15) is 0 Å². The highest BCUT2D eigenvalue weighted by molar-refractivity contribution is 7.90. The lowest BCUT2D eigenvalue weighted by Gasteiger charge is -2.32. The molecule has 0 aromatic heterocycles. The van der Waals surface area contributed by atoms with Gasteiger partial charge >= 0.3 is 0 Å². The quantitative estimate of drug-likeness (QED) is 0.759. The van der Waals surface area contributed by atoms with Crippen LogP contribution in [0, 0.1) is 13.8 Å². The van der Waals surface area contributed by atoms with Gasteiger partial charge in [-0.3, -0.25) is 0 Å². The molecule has 0 unspecified atom stereocenters. The number of sulfonamides is 2. The van der Waals surface area contributed by atoms with E-state index < -0.39 is 20.0 Å². The monoisotopic (exact) mass is 428 g/mol. The van der Waals surface area contributed by atoms with Gasteiger partial charge in [0.05, 0.1) is 9.79 Å². The standard InChI is InChI=1S/C20H32N2O4S2/c1-13-17(15-9-5-3-6-10-15)19(27(21,23)24)14(2)20(28(22,25)26)18(13)16-11-7-4-8-12-16/h15-16H,3-12H2,1-2H3,(H2,21,23,24)(H2,22,25,26). The fourth-order valence-corrected chi connectivity index (χ4v) is 7.87. The summed E-state index contributed by atoms with van der Waals surface area (Å²) in [5, 5.41) is 11.2. The predicted octanol–water partition coefficient (Wildman–Crippen LogP) is 3.69. The molecule has 2 aliphatic carbocycles. The molecule has 4 N–H and O–H groups in total. The zero-order valence-electron chi connectivity index (χ0n) is 16.8. The van der Waals surface area contributed by atoms with Crippen LogP contribution in [-0.4, -0.2) is 16.8 Å². The summed E-state index contributed by atoms with van der Waals surface area (Å²) in [7, 11) is -8.17. The van der Waals surface area contributed by atoms with Crippen LogP contribution in [0.25, 0.3) is 0 Å². The molecular formula is C20H32N2O4S2. The maximum absolute atomic E-state index is 12.6. The Morgan fingerprint density at radius 2 is 0.929 bits per heavy atom. The molecule has 0 heterocycles. The van der Waals surface area contributed by atoms with E-state index in [1.807, 2.05) is 6.92 Å². The van der Waals surface area contributed by atoms with Gasteiger partial charge < -0.3 is 0 Å². The molecule has 2 aliphatic rings. The number of primary sulfonamides is 2. The molecule has 1 aromatic carbocycles. The van der Waals surface area contributed by atoms with E-state index in [2.05, 4.69) is 0 Å². The summed E-state index contributed by atoms with van der Waals surface area (Å²) in [6.07, 6.45) is 10.1. The van der Waals surface area contributed by atoms with Gasteiger partial charge in [-0.05, 0) is 73.6 Å². The summed E-state index contributed by atoms with van der Waals surface area (Å²) in [6, 6.07) is 0. The summed E-state index contributed by atoms with van der Waals surface area (Å²) < 4.78 is 50.3. The lowest BCUT2D eigenvalue weighted by Crippen LogP contribution is -2.26. The third-order valence-corrected chi connectivity index (χ3v) is 8.76. The fourth-order valence-electron chi connectivity index (χ4n) is 5.49. The third-order valence-electron chi connectivity index (χ3n) is 6.57. The first-order valence-corrected chi connectivity index (χ1v) is 13.3. The van der Waals surface area contributed by atoms with Gasteiger partial charge in [-0.2, -0.15) is 0 Å². The summed E-state index contributed by atoms with van der Waals surface area (Å²) >= 11 is 0. The van der Waals surface area contributed by atoms with Crippen molar-refractivity contribution < 1.29 is 16.8 Å². The molecule has 0 bridgehead atoms. The second-order valence-corrected chi connectivity index (χ2v) is 11.5. The van der Waals surface area contributed by atoms with Crippen LogP contribution in [0.1, 0.15) is 98.3 Å². The van der Waals surface area contributed by atoms with E-state index in [0.717, 1.165) is 80.9 Å². The highest BCUT2D eigenvalue weighted by Crippen LogP contribution is 2.46. The van der Waals surface area contributed by atoms with Gasteiger partial charge in [-0.25, -0.2) is 27.1 Å². The van der Waals surface area contributed by atoms with Crippen molar-refractivity contribution in [3.05, 3.63) is 22.3 Å². The second-order valence-electron chi connectivity index (χ2n) is 8.50. The lowest BCUT2D eigenvalue weighted by atomic mass is 9.76. The molecule has 2 saturated carbocycles. The Morgan fingerprint density at radius 1 is 0.607 bits per heavy atom. The van der Waals surface area contributed by atoms with E-state index in [1.165, 1.54) is 0 Å². The van der Waals surface area contributed by atoms with Crippen molar-refractivity contribution in [2.45, 2.75) is 99.7 Å². The first-order valence-electron chi connectivity index (χ1n) is 10.3. The molecule has 28 heavy (non-hydrogen) atoms. The number of hydrogen-bond acceptors (Lipinski definition) is 4. The van der Waals surface area contributed by atoms with Crippen molar-refractivity contribution >= 4 is 20.0 Å². The largest absolute Gasteiger partial charge is 0.238 e. The van der Waals surface area contributed by atoms with Crippen LogP contribution in [0.3, 0.4) is 0 Å². The minimum atomic E-state index is -4.09. The van der Waals surface area contributed by atoms with E-state index in [1.54, 1.807) is 6.92 Å². The first-order chi connectivity index (χ1) is 13.0. The minimum Gasteiger partial charge on any atom is -0.225 e. The Hall–Kier alpha value is -0.960. The predicted molar refractivity (Wildman–Crippen MR) is 110 cm³/mol. The number of hydrogen-bond donors (Lipinski definition) is 2. The van der Waals surface area contributed by atoms with Crippen LogP contribution in [0.2, 0.25) is 0 Å². The molecule has 6 nitrogen and oxygen atoms in total. The molecule has 0 amide bonds. The average Bonchev–Trinajstić information content (AvgIpc) is 2.62. The zero-order chi connectivity index (χ0) is 20.7. The normalized spacial score (nSPS) is 20.4. The topological polar surface area (TPSA) is 120 Å². The Labute approximate surface area is 169 Å². The molecular weight excluding hydrogens is 396 g/mol. The molecule has 158 valence electrons. The number of benzene rings is 1. The molecule has 3 rings (SSSR count). The summed E-state index contributed by atoms with van der Waals surface area (Å²) in [4.78, 5) is -0.0269. The van der Waals surface area contributed by atoms with E-state index in [4.69, 9.17) is 10.3 Å². The molecule has 2 fully saturated rings. The molecule has 0 saturated heterocycles. The summed E-state index contributed by atoms with van der Waals surface area (Å²) in [6.45, 7) is 3.42. The Balaban J connectivity index is 2.39. The van der Waals surface area contributed by atoms with Crippen LogP contribution < -0.4 is 10.3 Å². The van der Waals surface area contributed by atoms with Crippen molar-refractivity contribution in [3.8, 4) is 0 Å². The van der Waals surface area contributed by atoms with Crippen molar-refractivity contribution in [1.29, 1.82) is 0 Å². The van der Waals surface area contributed by atoms with Gasteiger partial charge in [0, 0.05) is 0 Å². The highest BCUT2D eigenvalue weighted by atomic mass is 32.2.